The van der Waals surface area contributed by atoms with E-state index in [-0.39, 0.29) is 29.6 Å². The first-order valence-corrected chi connectivity index (χ1v) is 10.0. The van der Waals surface area contributed by atoms with E-state index in [2.05, 4.69) is 0 Å². The van der Waals surface area contributed by atoms with Gasteiger partial charge in [0.15, 0.2) is 12.6 Å². The highest BCUT2D eigenvalue weighted by atomic mass is 16.7. The number of hydrogen-bond donors (Lipinski definition) is 1. The second kappa shape index (κ2) is 11.8. The molecule has 2 aromatic rings. The lowest BCUT2D eigenvalue weighted by Crippen LogP contribution is -2.04. The van der Waals surface area contributed by atoms with Gasteiger partial charge in [-0.3, -0.25) is 4.79 Å². The second-order valence-corrected chi connectivity index (χ2v) is 6.99. The van der Waals surface area contributed by atoms with E-state index in [1.165, 1.54) is 20.3 Å². The standard InChI is InChI=1S/C25H30O6/c1-6-30-16-31-19-11-8-18(9-12-19)10-14-21(26)24-23(29-5)15-22(28-4)20(25(24)27)13-7-17(2)3/h7-12,14-15,27H,6,13,16H2,1-5H3/b14-10+. The Balaban J connectivity index is 2.29. The molecule has 0 aromatic heterocycles. The second-order valence-electron chi connectivity index (χ2n) is 6.99. The number of phenols is 1. The third kappa shape index (κ3) is 6.62. The molecule has 0 radical (unpaired) electrons. The molecule has 31 heavy (non-hydrogen) atoms. The molecule has 1 N–H and O–H groups in total. The fourth-order valence-corrected chi connectivity index (χ4v) is 2.87. The maximum atomic E-state index is 12.9. The summed E-state index contributed by atoms with van der Waals surface area (Å²) in [5.74, 6) is 0.894. The minimum atomic E-state index is -0.368. The van der Waals surface area contributed by atoms with E-state index in [0.717, 1.165) is 11.1 Å². The van der Waals surface area contributed by atoms with Crippen molar-refractivity contribution in [1.82, 2.24) is 0 Å². The summed E-state index contributed by atoms with van der Waals surface area (Å²) in [7, 11) is 2.97. The van der Waals surface area contributed by atoms with Crippen molar-refractivity contribution in [3.05, 3.63) is 64.7 Å². The van der Waals surface area contributed by atoms with Gasteiger partial charge in [0, 0.05) is 18.2 Å². The van der Waals surface area contributed by atoms with Crippen molar-refractivity contribution in [3.8, 4) is 23.0 Å². The molecule has 6 heteroatoms. The van der Waals surface area contributed by atoms with Crippen LogP contribution >= 0.6 is 0 Å². The molecule has 0 aliphatic carbocycles. The third-order valence-corrected chi connectivity index (χ3v) is 4.55. The van der Waals surface area contributed by atoms with E-state index in [4.69, 9.17) is 18.9 Å². The highest BCUT2D eigenvalue weighted by Gasteiger charge is 2.22. The summed E-state index contributed by atoms with van der Waals surface area (Å²) < 4.78 is 21.3. The molecule has 0 saturated heterocycles. The number of ether oxygens (including phenoxy) is 4. The number of rotatable bonds is 11. The van der Waals surface area contributed by atoms with Crippen LogP contribution in [-0.2, 0) is 11.2 Å². The number of ketones is 1. The van der Waals surface area contributed by atoms with E-state index in [9.17, 15) is 9.90 Å². The summed E-state index contributed by atoms with van der Waals surface area (Å²) in [5, 5.41) is 10.9. The van der Waals surface area contributed by atoms with Gasteiger partial charge >= 0.3 is 0 Å². The molecular formula is C25H30O6. The normalized spacial score (nSPS) is 10.7. The number of phenolic OH excluding ortho intramolecular Hbond substituents is 1. The number of carbonyl (C=O) groups is 1. The summed E-state index contributed by atoms with van der Waals surface area (Å²) in [4.78, 5) is 12.9. The van der Waals surface area contributed by atoms with Crippen molar-refractivity contribution in [2.75, 3.05) is 27.6 Å². The van der Waals surface area contributed by atoms with Gasteiger partial charge in [-0.1, -0.05) is 29.9 Å². The number of allylic oxidation sites excluding steroid dienone is 3. The van der Waals surface area contributed by atoms with Gasteiger partial charge in [0.05, 0.1) is 14.2 Å². The number of aromatic hydroxyl groups is 1. The lowest BCUT2D eigenvalue weighted by Gasteiger charge is -2.15. The van der Waals surface area contributed by atoms with Crippen LogP contribution in [0.5, 0.6) is 23.0 Å². The van der Waals surface area contributed by atoms with Crippen LogP contribution in [0.1, 0.15) is 42.3 Å². The third-order valence-electron chi connectivity index (χ3n) is 4.55. The van der Waals surface area contributed by atoms with Crippen molar-refractivity contribution < 1.29 is 28.8 Å². The molecule has 2 aromatic carbocycles. The van der Waals surface area contributed by atoms with Gasteiger partial charge in [0.25, 0.3) is 0 Å². The Labute approximate surface area is 183 Å². The fourth-order valence-electron chi connectivity index (χ4n) is 2.87. The molecule has 0 heterocycles. The molecule has 6 nitrogen and oxygen atoms in total. The van der Waals surface area contributed by atoms with Crippen molar-refractivity contribution in [2.45, 2.75) is 27.2 Å². The zero-order valence-electron chi connectivity index (χ0n) is 18.7. The molecule has 0 fully saturated rings. The van der Waals surface area contributed by atoms with Gasteiger partial charge in [0.1, 0.15) is 28.6 Å². The maximum absolute atomic E-state index is 12.9. The van der Waals surface area contributed by atoms with E-state index < -0.39 is 0 Å². The molecule has 166 valence electrons. The summed E-state index contributed by atoms with van der Waals surface area (Å²) in [6, 6.07) is 8.88. The summed E-state index contributed by atoms with van der Waals surface area (Å²) in [6.45, 7) is 6.61. The van der Waals surface area contributed by atoms with Crippen molar-refractivity contribution in [2.24, 2.45) is 0 Å². The van der Waals surface area contributed by atoms with Crippen LogP contribution in [0.2, 0.25) is 0 Å². The number of benzene rings is 2. The van der Waals surface area contributed by atoms with Crippen LogP contribution in [0.25, 0.3) is 6.08 Å². The highest BCUT2D eigenvalue weighted by Crippen LogP contribution is 2.39. The Bertz CT molecular complexity index is 937. The molecule has 0 unspecified atom stereocenters. The van der Waals surface area contributed by atoms with Gasteiger partial charge < -0.3 is 24.1 Å². The Kier molecular flexibility index (Phi) is 9.15. The molecule has 0 aliphatic heterocycles. The van der Waals surface area contributed by atoms with Gasteiger partial charge in [-0.2, -0.15) is 0 Å². The van der Waals surface area contributed by atoms with E-state index in [1.807, 2.05) is 39.0 Å². The first-order chi connectivity index (χ1) is 14.9. The molecule has 0 atom stereocenters. The SMILES string of the molecule is CCOCOc1ccc(/C=C/C(=O)c2c(OC)cc(OC)c(CC=C(C)C)c2O)cc1. The smallest absolute Gasteiger partial charge is 0.193 e. The molecule has 0 saturated carbocycles. The molecule has 2 rings (SSSR count). The summed E-state index contributed by atoms with van der Waals surface area (Å²) >= 11 is 0. The Hall–Kier alpha value is -3.25. The minimum absolute atomic E-state index is 0.105. The first kappa shape index (κ1) is 24.0. The average Bonchev–Trinajstić information content (AvgIpc) is 2.76. The first-order valence-electron chi connectivity index (χ1n) is 10.0. The van der Waals surface area contributed by atoms with Gasteiger partial charge in [-0.25, -0.2) is 0 Å². The molecule has 0 bridgehead atoms. The van der Waals surface area contributed by atoms with Crippen LogP contribution < -0.4 is 14.2 Å². The maximum Gasteiger partial charge on any atom is 0.193 e. The van der Waals surface area contributed by atoms with E-state index in [1.54, 1.807) is 24.3 Å². The van der Waals surface area contributed by atoms with Crippen LogP contribution in [0.15, 0.2) is 48.1 Å². The molecule has 0 amide bonds. The van der Waals surface area contributed by atoms with E-state index in [0.29, 0.717) is 30.1 Å². The largest absolute Gasteiger partial charge is 0.507 e. The summed E-state index contributed by atoms with van der Waals surface area (Å²) in [6.07, 6.45) is 5.48. The summed E-state index contributed by atoms with van der Waals surface area (Å²) in [5.41, 5.74) is 2.55. The van der Waals surface area contributed by atoms with Crippen molar-refractivity contribution >= 4 is 11.9 Å². The quantitative estimate of drug-likeness (QED) is 0.175. The number of methoxy groups -OCH3 is 2. The predicted octanol–water partition coefficient (Wildman–Crippen LogP) is 5.19. The zero-order valence-corrected chi connectivity index (χ0v) is 18.7. The monoisotopic (exact) mass is 426 g/mol. The van der Waals surface area contributed by atoms with Crippen LogP contribution in [0.3, 0.4) is 0 Å². The number of carbonyl (C=O) groups excluding carboxylic acids is 1. The van der Waals surface area contributed by atoms with Crippen LogP contribution in [0, 0.1) is 0 Å². The Morgan fingerprint density at radius 3 is 2.32 bits per heavy atom. The van der Waals surface area contributed by atoms with Crippen LogP contribution in [0.4, 0.5) is 0 Å². The molecular weight excluding hydrogens is 396 g/mol. The zero-order chi connectivity index (χ0) is 22.8. The fraction of sp³-hybridized carbons (Fsp3) is 0.320. The average molecular weight is 427 g/mol. The molecule has 0 spiro atoms. The van der Waals surface area contributed by atoms with Gasteiger partial charge in [-0.05, 0) is 51.0 Å². The van der Waals surface area contributed by atoms with Gasteiger partial charge in [-0.15, -0.1) is 0 Å². The van der Waals surface area contributed by atoms with Crippen molar-refractivity contribution in [3.63, 3.8) is 0 Å². The highest BCUT2D eigenvalue weighted by molar-refractivity contribution is 6.11. The lowest BCUT2D eigenvalue weighted by atomic mass is 9.99. The molecule has 0 aliphatic rings. The van der Waals surface area contributed by atoms with Crippen LogP contribution in [-0.4, -0.2) is 38.5 Å². The Morgan fingerprint density at radius 2 is 1.74 bits per heavy atom. The number of hydrogen-bond acceptors (Lipinski definition) is 6. The predicted molar refractivity (Wildman–Crippen MR) is 121 cm³/mol. The minimum Gasteiger partial charge on any atom is -0.507 e. The van der Waals surface area contributed by atoms with Gasteiger partial charge in [0.2, 0.25) is 0 Å². The Morgan fingerprint density at radius 1 is 1.06 bits per heavy atom. The van der Waals surface area contributed by atoms with Crippen molar-refractivity contribution in [1.29, 1.82) is 0 Å². The topological polar surface area (TPSA) is 74.2 Å². The van der Waals surface area contributed by atoms with E-state index >= 15 is 0 Å². The lowest BCUT2D eigenvalue weighted by molar-refractivity contribution is 0.0224.